The predicted octanol–water partition coefficient (Wildman–Crippen LogP) is 5.80. The minimum atomic E-state index is -4.28. The van der Waals surface area contributed by atoms with Gasteiger partial charge in [-0.3, -0.25) is 9.69 Å². The Labute approximate surface area is 303 Å². The van der Waals surface area contributed by atoms with Crippen molar-refractivity contribution in [3.63, 3.8) is 0 Å². The van der Waals surface area contributed by atoms with Gasteiger partial charge < -0.3 is 33.5 Å². The minimum Gasteiger partial charge on any atom is -0.497 e. The van der Waals surface area contributed by atoms with E-state index in [9.17, 15) is 23.1 Å². The lowest BCUT2D eigenvalue weighted by Gasteiger charge is -2.50. The first-order chi connectivity index (χ1) is 24.4. The number of fused-ring (bicyclic) bond motifs is 1. The third-order valence-electron chi connectivity index (χ3n) is 8.61. The van der Waals surface area contributed by atoms with Crippen molar-refractivity contribution in [3.8, 4) is 34.8 Å². The molecule has 1 aliphatic heterocycles. The monoisotopic (exact) mass is 734 g/mol. The lowest BCUT2D eigenvalue weighted by Crippen LogP contribution is -2.66. The Morgan fingerprint density at radius 1 is 0.885 bits per heavy atom. The first-order valence-corrected chi connectivity index (χ1v) is 17.6. The van der Waals surface area contributed by atoms with E-state index in [1.165, 1.54) is 82.0 Å². The topological polar surface area (TPSA) is 152 Å². The molecule has 1 aliphatic rings. The first-order valence-electron chi connectivity index (χ1n) is 16.1. The zero-order valence-electron chi connectivity index (χ0n) is 30.5. The van der Waals surface area contributed by atoms with E-state index in [1.807, 2.05) is 0 Å². The van der Waals surface area contributed by atoms with Crippen molar-refractivity contribution < 1.29 is 51.5 Å². The summed E-state index contributed by atoms with van der Waals surface area (Å²) in [7, 11) is 1.49. The normalized spacial score (nSPS) is 15.2. The van der Waals surface area contributed by atoms with Crippen molar-refractivity contribution in [2.45, 2.75) is 56.4 Å². The second-order valence-corrected chi connectivity index (χ2v) is 15.4. The van der Waals surface area contributed by atoms with Crippen molar-refractivity contribution >= 4 is 32.8 Å². The molecule has 52 heavy (non-hydrogen) atoms. The predicted molar refractivity (Wildman–Crippen MR) is 192 cm³/mol. The summed E-state index contributed by atoms with van der Waals surface area (Å²) in [6, 6.07) is 13.6. The second-order valence-electron chi connectivity index (χ2n) is 13.5. The standard InChI is InChI=1S/C38H42N2O11S/c1-36(2,3)40(35(42)43)38(22-50-37(4,5)51-23-38)17-16-24-10-13-27(14-11-24)52(44,45)39-21-29(28-15-12-26(46-6)20-30(28)39)33(41)25-18-31(47-7)34(49-9)32(19-25)48-8/h10-15,18-21H,22-23H2,1-9H3,(H,42,43). The molecule has 276 valence electrons. The van der Waals surface area contributed by atoms with Crippen molar-refractivity contribution in [2.24, 2.45) is 0 Å². The van der Waals surface area contributed by atoms with Crippen molar-refractivity contribution in [1.29, 1.82) is 0 Å². The molecule has 0 aliphatic carbocycles. The van der Waals surface area contributed by atoms with Gasteiger partial charge in [0.05, 0.1) is 52.1 Å². The number of carboxylic acid groups (broad SMARTS) is 1. The molecule has 0 bridgehead atoms. The molecule has 5 rings (SSSR count). The minimum absolute atomic E-state index is 0.0374. The van der Waals surface area contributed by atoms with Crippen molar-refractivity contribution in [1.82, 2.24) is 8.87 Å². The molecule has 0 atom stereocenters. The fraction of sp³-hybridized carbons (Fsp3) is 0.368. The number of hydrogen-bond acceptors (Lipinski definition) is 10. The van der Waals surface area contributed by atoms with Gasteiger partial charge in [0.15, 0.2) is 28.6 Å². The number of ketones is 1. The number of nitrogens with zero attached hydrogens (tertiary/aromatic N) is 2. The molecule has 1 fully saturated rings. The van der Waals surface area contributed by atoms with Gasteiger partial charge >= 0.3 is 6.09 Å². The van der Waals surface area contributed by atoms with Gasteiger partial charge in [0.1, 0.15) is 5.75 Å². The van der Waals surface area contributed by atoms with Crippen molar-refractivity contribution in [3.05, 3.63) is 77.5 Å². The molecule has 0 spiro atoms. The lowest BCUT2D eigenvalue weighted by atomic mass is 9.91. The molecular formula is C38H42N2O11S. The maximum Gasteiger partial charge on any atom is 0.409 e. The van der Waals surface area contributed by atoms with E-state index in [4.69, 9.17) is 28.4 Å². The Hall–Kier alpha value is -5.23. The highest BCUT2D eigenvalue weighted by Crippen LogP contribution is 2.40. The third kappa shape index (κ3) is 7.12. The van der Waals surface area contributed by atoms with Crippen LogP contribution >= 0.6 is 0 Å². The number of benzene rings is 3. The van der Waals surface area contributed by atoms with Crippen LogP contribution in [0.4, 0.5) is 4.79 Å². The number of hydrogen-bond donors (Lipinski definition) is 1. The molecule has 0 radical (unpaired) electrons. The van der Waals surface area contributed by atoms with Crippen LogP contribution in [0.1, 0.15) is 56.1 Å². The number of rotatable bonds is 9. The van der Waals surface area contributed by atoms with Crippen molar-refractivity contribution in [2.75, 3.05) is 41.7 Å². The molecule has 1 saturated heterocycles. The van der Waals surface area contributed by atoms with Crippen LogP contribution in [0.15, 0.2) is 65.7 Å². The average molecular weight is 735 g/mol. The SMILES string of the molecule is COc1ccc2c(C(=O)c3cc(OC)c(OC)c(OC)c3)cn(S(=O)(=O)c3ccc(C#CC4(N(C(=O)O)C(C)(C)C)COC(C)(C)OC4)cc3)c2c1. The highest BCUT2D eigenvalue weighted by Gasteiger charge is 2.50. The number of carbonyl (C=O) groups is 2. The summed E-state index contributed by atoms with van der Waals surface area (Å²) >= 11 is 0. The maximum atomic E-state index is 14.2. The smallest absolute Gasteiger partial charge is 0.409 e. The van der Waals surface area contributed by atoms with Gasteiger partial charge in [-0.2, -0.15) is 0 Å². The Morgan fingerprint density at radius 2 is 1.48 bits per heavy atom. The molecule has 4 aromatic rings. The van der Waals surface area contributed by atoms with E-state index in [0.717, 1.165) is 3.97 Å². The molecular weight excluding hydrogens is 692 g/mol. The van der Waals surface area contributed by atoms with Crippen LogP contribution in [-0.2, 0) is 19.5 Å². The van der Waals surface area contributed by atoms with Gasteiger partial charge in [-0.05, 0) is 83.1 Å². The number of methoxy groups -OCH3 is 4. The molecule has 13 nitrogen and oxygen atoms in total. The summed E-state index contributed by atoms with van der Waals surface area (Å²) in [4.78, 5) is 27.7. The van der Waals surface area contributed by atoms with E-state index < -0.39 is 38.8 Å². The van der Waals surface area contributed by atoms with Gasteiger partial charge in [0.25, 0.3) is 10.0 Å². The van der Waals surface area contributed by atoms with Crippen LogP contribution in [0.3, 0.4) is 0 Å². The first kappa shape index (κ1) is 38.0. The van der Waals surface area contributed by atoms with Crippen LogP contribution in [0.2, 0.25) is 0 Å². The third-order valence-corrected chi connectivity index (χ3v) is 10.3. The zero-order chi connectivity index (χ0) is 38.2. The fourth-order valence-corrected chi connectivity index (χ4v) is 7.46. The van der Waals surface area contributed by atoms with E-state index in [1.54, 1.807) is 46.8 Å². The van der Waals surface area contributed by atoms with E-state index in [2.05, 4.69) is 11.8 Å². The van der Waals surface area contributed by atoms with Gasteiger partial charge in [0.2, 0.25) is 5.75 Å². The zero-order valence-corrected chi connectivity index (χ0v) is 31.3. The van der Waals surface area contributed by atoms with Gasteiger partial charge in [-0.1, -0.05) is 11.8 Å². The molecule has 3 aromatic carbocycles. The van der Waals surface area contributed by atoms with E-state index >= 15 is 0 Å². The summed E-state index contributed by atoms with van der Waals surface area (Å²) < 4.78 is 62.9. The largest absolute Gasteiger partial charge is 0.497 e. The highest BCUT2D eigenvalue weighted by molar-refractivity contribution is 7.90. The Bertz CT molecular complexity index is 2150. The van der Waals surface area contributed by atoms with Gasteiger partial charge in [0, 0.05) is 39.9 Å². The Balaban J connectivity index is 1.56. The van der Waals surface area contributed by atoms with Gasteiger partial charge in [-0.25, -0.2) is 17.2 Å². The number of amides is 1. The Morgan fingerprint density at radius 3 is 1.98 bits per heavy atom. The molecule has 1 amide bonds. The number of aromatic nitrogens is 1. The Kier molecular flexibility index (Phi) is 10.3. The fourth-order valence-electron chi connectivity index (χ4n) is 6.10. The molecule has 0 saturated carbocycles. The highest BCUT2D eigenvalue weighted by atomic mass is 32.2. The molecule has 14 heteroatoms. The van der Waals surface area contributed by atoms with Crippen LogP contribution in [0.25, 0.3) is 10.9 Å². The summed E-state index contributed by atoms with van der Waals surface area (Å²) in [5, 5.41) is 10.6. The van der Waals surface area contributed by atoms with Crippen LogP contribution < -0.4 is 18.9 Å². The lowest BCUT2D eigenvalue weighted by molar-refractivity contribution is -0.278. The summed E-state index contributed by atoms with van der Waals surface area (Å²) in [6.45, 7) is 8.68. The average Bonchev–Trinajstić information content (AvgIpc) is 3.50. The van der Waals surface area contributed by atoms with Crippen LogP contribution in [-0.4, -0.2) is 92.8 Å². The van der Waals surface area contributed by atoms with Gasteiger partial charge in [-0.15, -0.1) is 0 Å². The van der Waals surface area contributed by atoms with E-state index in [-0.39, 0.29) is 46.3 Å². The quantitative estimate of drug-likeness (QED) is 0.164. The molecule has 1 N–H and O–H groups in total. The molecule has 1 aromatic heterocycles. The maximum absolute atomic E-state index is 14.2. The van der Waals surface area contributed by atoms with Crippen LogP contribution in [0, 0.1) is 11.8 Å². The summed E-state index contributed by atoms with van der Waals surface area (Å²) in [5.41, 5.74) is -1.23. The summed E-state index contributed by atoms with van der Waals surface area (Å²) in [6.07, 6.45) is 0.0915. The number of ether oxygens (including phenoxy) is 6. The molecule has 0 unspecified atom stereocenters. The summed E-state index contributed by atoms with van der Waals surface area (Å²) in [5.74, 6) is 5.90. The van der Waals surface area contributed by atoms with E-state index in [0.29, 0.717) is 22.4 Å². The second kappa shape index (κ2) is 14.1. The van der Waals surface area contributed by atoms with Crippen LogP contribution in [0.5, 0.6) is 23.0 Å². The number of carbonyl (C=O) groups excluding carboxylic acids is 1. The molecule has 2 heterocycles.